The minimum Gasteiger partial charge on any atom is -0.494 e. The van der Waals surface area contributed by atoms with Gasteiger partial charge in [-0.2, -0.15) is 0 Å². The lowest BCUT2D eigenvalue weighted by Crippen LogP contribution is -2.24. The molecule has 0 aliphatic heterocycles. The second-order valence-corrected chi connectivity index (χ2v) is 8.14. The summed E-state index contributed by atoms with van der Waals surface area (Å²) in [7, 11) is 0. The number of nitrogens with one attached hydrogen (secondary N) is 1. The topological polar surface area (TPSA) is 47.6 Å². The van der Waals surface area contributed by atoms with Crippen LogP contribution in [0.25, 0.3) is 0 Å². The molecule has 3 aromatic rings. The second kappa shape index (κ2) is 12.7. The molecule has 0 saturated heterocycles. The molecule has 1 N–H and O–H groups in total. The molecule has 4 nitrogen and oxygen atoms in total. The van der Waals surface area contributed by atoms with Crippen LogP contribution in [0.4, 0.5) is 0 Å². The SMILES string of the molecule is CCOc1ccc(CCCNC(=O)c2ccc(OCCSc3ccccc3)cc2)cc1. The van der Waals surface area contributed by atoms with E-state index in [1.165, 1.54) is 10.5 Å². The molecule has 0 fully saturated rings. The normalized spacial score (nSPS) is 10.5. The van der Waals surface area contributed by atoms with Crippen molar-refractivity contribution in [2.45, 2.75) is 24.7 Å². The first kappa shape index (κ1) is 22.8. The fraction of sp³-hybridized carbons (Fsp3) is 0.269. The Hall–Kier alpha value is -2.92. The average molecular weight is 436 g/mol. The molecule has 0 aliphatic rings. The molecule has 162 valence electrons. The summed E-state index contributed by atoms with van der Waals surface area (Å²) in [6.07, 6.45) is 1.81. The molecular formula is C26H29NO3S. The Bertz CT molecular complexity index is 912. The predicted octanol–water partition coefficient (Wildman–Crippen LogP) is 5.62. The average Bonchev–Trinajstić information content (AvgIpc) is 2.82. The third kappa shape index (κ3) is 8.02. The van der Waals surface area contributed by atoms with E-state index in [1.807, 2.05) is 61.5 Å². The van der Waals surface area contributed by atoms with Crippen LogP contribution in [0.2, 0.25) is 0 Å². The van der Waals surface area contributed by atoms with Gasteiger partial charge in [0.2, 0.25) is 0 Å². The molecular weight excluding hydrogens is 406 g/mol. The van der Waals surface area contributed by atoms with Crippen molar-refractivity contribution in [3.05, 3.63) is 90.0 Å². The van der Waals surface area contributed by atoms with Crippen LogP contribution < -0.4 is 14.8 Å². The number of hydrogen-bond donors (Lipinski definition) is 1. The summed E-state index contributed by atoms with van der Waals surface area (Å²) in [5.41, 5.74) is 1.89. The standard InChI is InChI=1S/C26H29NO3S/c1-2-29-23-14-10-21(11-15-23)7-6-18-27-26(28)22-12-16-24(17-13-22)30-19-20-31-25-8-4-3-5-9-25/h3-5,8-17H,2,6-7,18-20H2,1H3,(H,27,28). The van der Waals surface area contributed by atoms with Gasteiger partial charge in [-0.3, -0.25) is 4.79 Å². The number of hydrogen-bond acceptors (Lipinski definition) is 4. The molecule has 3 aromatic carbocycles. The summed E-state index contributed by atoms with van der Waals surface area (Å²) in [6, 6.07) is 25.7. The highest BCUT2D eigenvalue weighted by atomic mass is 32.2. The van der Waals surface area contributed by atoms with Crippen LogP contribution in [0.3, 0.4) is 0 Å². The third-order valence-corrected chi connectivity index (χ3v) is 5.62. The van der Waals surface area contributed by atoms with Gasteiger partial charge in [-0.05, 0) is 73.9 Å². The highest BCUT2D eigenvalue weighted by molar-refractivity contribution is 7.99. The lowest BCUT2D eigenvalue weighted by atomic mass is 10.1. The van der Waals surface area contributed by atoms with E-state index in [0.29, 0.717) is 25.3 Å². The van der Waals surface area contributed by atoms with Crippen molar-refractivity contribution in [2.75, 3.05) is 25.5 Å². The van der Waals surface area contributed by atoms with Gasteiger partial charge in [0.25, 0.3) is 5.91 Å². The minimum atomic E-state index is -0.0575. The van der Waals surface area contributed by atoms with Crippen LogP contribution in [0, 0.1) is 0 Å². The number of benzene rings is 3. The summed E-state index contributed by atoms with van der Waals surface area (Å²) in [5.74, 6) is 2.49. The Morgan fingerprint density at radius 1 is 0.871 bits per heavy atom. The highest BCUT2D eigenvalue weighted by Crippen LogP contribution is 2.18. The monoisotopic (exact) mass is 435 g/mol. The quantitative estimate of drug-likeness (QED) is 0.296. The molecule has 1 amide bonds. The number of carbonyl (C=O) groups is 1. The molecule has 0 spiro atoms. The fourth-order valence-electron chi connectivity index (χ4n) is 3.05. The van der Waals surface area contributed by atoms with Gasteiger partial charge in [0.15, 0.2) is 0 Å². The van der Waals surface area contributed by atoms with Gasteiger partial charge < -0.3 is 14.8 Å². The maximum Gasteiger partial charge on any atom is 0.251 e. The van der Waals surface area contributed by atoms with Crippen LogP contribution in [0.15, 0.2) is 83.8 Å². The first-order valence-electron chi connectivity index (χ1n) is 10.7. The second-order valence-electron chi connectivity index (χ2n) is 6.97. The molecule has 0 atom stereocenters. The molecule has 0 bridgehead atoms. The van der Waals surface area contributed by atoms with Gasteiger partial charge in [-0.25, -0.2) is 0 Å². The maximum atomic E-state index is 12.3. The number of ether oxygens (including phenoxy) is 2. The number of aryl methyl sites for hydroxylation is 1. The first-order chi connectivity index (χ1) is 15.2. The smallest absolute Gasteiger partial charge is 0.251 e. The largest absolute Gasteiger partial charge is 0.494 e. The van der Waals surface area contributed by atoms with Gasteiger partial charge in [0, 0.05) is 22.8 Å². The van der Waals surface area contributed by atoms with Gasteiger partial charge >= 0.3 is 0 Å². The minimum absolute atomic E-state index is 0.0575. The van der Waals surface area contributed by atoms with Crippen LogP contribution in [0.5, 0.6) is 11.5 Å². The van der Waals surface area contributed by atoms with Crippen LogP contribution >= 0.6 is 11.8 Å². The van der Waals surface area contributed by atoms with E-state index in [4.69, 9.17) is 9.47 Å². The number of rotatable bonds is 12. The molecule has 0 saturated carbocycles. The molecule has 3 rings (SSSR count). The molecule has 31 heavy (non-hydrogen) atoms. The Labute approximate surface area is 189 Å². The van der Waals surface area contributed by atoms with Crippen LogP contribution in [-0.2, 0) is 6.42 Å². The van der Waals surface area contributed by atoms with Crippen LogP contribution in [0.1, 0.15) is 29.3 Å². The van der Waals surface area contributed by atoms with Crippen molar-refractivity contribution in [3.63, 3.8) is 0 Å². The van der Waals surface area contributed by atoms with Crippen molar-refractivity contribution in [2.24, 2.45) is 0 Å². The maximum absolute atomic E-state index is 12.3. The third-order valence-electron chi connectivity index (χ3n) is 4.64. The first-order valence-corrected chi connectivity index (χ1v) is 11.6. The molecule has 0 aromatic heterocycles. The van der Waals surface area contributed by atoms with E-state index in [0.717, 1.165) is 30.1 Å². The van der Waals surface area contributed by atoms with E-state index in [2.05, 4.69) is 29.6 Å². The Kier molecular flexibility index (Phi) is 9.32. The lowest BCUT2D eigenvalue weighted by molar-refractivity contribution is 0.0953. The van der Waals surface area contributed by atoms with E-state index in [9.17, 15) is 4.79 Å². The van der Waals surface area contributed by atoms with E-state index < -0.39 is 0 Å². The number of carbonyl (C=O) groups excluding carboxylic acids is 1. The molecule has 0 unspecified atom stereocenters. The highest BCUT2D eigenvalue weighted by Gasteiger charge is 2.05. The molecule has 0 radical (unpaired) electrons. The van der Waals surface area contributed by atoms with Gasteiger partial charge in [0.1, 0.15) is 11.5 Å². The zero-order chi connectivity index (χ0) is 21.7. The van der Waals surface area contributed by atoms with Crippen LogP contribution in [-0.4, -0.2) is 31.4 Å². The van der Waals surface area contributed by atoms with E-state index in [-0.39, 0.29) is 5.91 Å². The summed E-state index contributed by atoms with van der Waals surface area (Å²) < 4.78 is 11.2. The summed E-state index contributed by atoms with van der Waals surface area (Å²) >= 11 is 1.76. The predicted molar refractivity (Wildman–Crippen MR) is 127 cm³/mol. The summed E-state index contributed by atoms with van der Waals surface area (Å²) in [6.45, 7) is 3.91. The van der Waals surface area contributed by atoms with Crippen molar-refractivity contribution in [1.29, 1.82) is 0 Å². The van der Waals surface area contributed by atoms with Crippen molar-refractivity contribution in [1.82, 2.24) is 5.32 Å². The summed E-state index contributed by atoms with van der Waals surface area (Å²) in [5, 5.41) is 2.98. The molecule has 0 heterocycles. The van der Waals surface area contributed by atoms with Crippen molar-refractivity contribution in [3.8, 4) is 11.5 Å². The lowest BCUT2D eigenvalue weighted by Gasteiger charge is -2.08. The van der Waals surface area contributed by atoms with E-state index in [1.54, 1.807) is 11.8 Å². The molecule has 0 aliphatic carbocycles. The zero-order valence-electron chi connectivity index (χ0n) is 17.9. The van der Waals surface area contributed by atoms with Gasteiger partial charge in [-0.15, -0.1) is 11.8 Å². The Morgan fingerprint density at radius 3 is 2.26 bits per heavy atom. The summed E-state index contributed by atoms with van der Waals surface area (Å²) in [4.78, 5) is 13.6. The van der Waals surface area contributed by atoms with E-state index >= 15 is 0 Å². The number of thioether (sulfide) groups is 1. The van der Waals surface area contributed by atoms with Crippen molar-refractivity contribution >= 4 is 17.7 Å². The number of amides is 1. The zero-order valence-corrected chi connectivity index (χ0v) is 18.7. The van der Waals surface area contributed by atoms with Gasteiger partial charge in [-0.1, -0.05) is 30.3 Å². The van der Waals surface area contributed by atoms with Gasteiger partial charge in [0.05, 0.1) is 13.2 Å². The Balaban J connectivity index is 1.33. The molecule has 5 heteroatoms. The Morgan fingerprint density at radius 2 is 1.55 bits per heavy atom. The fourth-order valence-corrected chi connectivity index (χ4v) is 3.81. The van der Waals surface area contributed by atoms with Crippen molar-refractivity contribution < 1.29 is 14.3 Å².